The van der Waals surface area contributed by atoms with Gasteiger partial charge in [0.1, 0.15) is 5.82 Å². The van der Waals surface area contributed by atoms with E-state index >= 15 is 0 Å². The standard InChI is InChI=1S/C17H16BrF3N4O2S/c1-4-28(26,27)13-7-11(17(19,20)21)5-6-12(13)15-23-14(18)16(24(15)3)25-9-10(2)8-22-25/h5-9H,4H2,1-3H3. The molecule has 3 aromatic rings. The number of nitrogens with zero attached hydrogens (tertiary/aromatic N) is 4. The normalized spacial score (nSPS) is 12.5. The lowest BCUT2D eigenvalue weighted by Gasteiger charge is -2.14. The molecule has 0 fully saturated rings. The molecule has 0 atom stereocenters. The molecule has 0 saturated carbocycles. The van der Waals surface area contributed by atoms with E-state index < -0.39 is 26.5 Å². The van der Waals surface area contributed by atoms with Gasteiger partial charge in [0.05, 0.1) is 22.4 Å². The predicted molar refractivity (Wildman–Crippen MR) is 101 cm³/mol. The molecule has 0 radical (unpaired) electrons. The van der Waals surface area contributed by atoms with E-state index in [2.05, 4.69) is 26.0 Å². The van der Waals surface area contributed by atoms with E-state index in [1.807, 2.05) is 6.92 Å². The minimum Gasteiger partial charge on any atom is -0.311 e. The number of aromatic nitrogens is 4. The van der Waals surface area contributed by atoms with Crippen molar-refractivity contribution in [3.63, 3.8) is 0 Å². The molecule has 6 nitrogen and oxygen atoms in total. The Labute approximate surface area is 168 Å². The zero-order valence-corrected chi connectivity index (χ0v) is 17.5. The summed E-state index contributed by atoms with van der Waals surface area (Å²) in [4.78, 5) is 3.93. The average molecular weight is 477 g/mol. The Bertz CT molecular complexity index is 1150. The quantitative estimate of drug-likeness (QED) is 0.566. The maximum absolute atomic E-state index is 13.1. The van der Waals surface area contributed by atoms with Crippen LogP contribution in [0.4, 0.5) is 13.2 Å². The van der Waals surface area contributed by atoms with Gasteiger partial charge in [0, 0.05) is 18.8 Å². The van der Waals surface area contributed by atoms with E-state index in [9.17, 15) is 21.6 Å². The van der Waals surface area contributed by atoms with E-state index in [-0.39, 0.29) is 17.1 Å². The summed E-state index contributed by atoms with van der Waals surface area (Å²) < 4.78 is 67.9. The van der Waals surface area contributed by atoms with Crippen LogP contribution in [0, 0.1) is 6.92 Å². The second kappa shape index (κ2) is 7.03. The molecule has 0 bridgehead atoms. The molecule has 1 aromatic carbocycles. The van der Waals surface area contributed by atoms with Gasteiger partial charge in [0.15, 0.2) is 20.3 Å². The molecule has 2 heterocycles. The molecule has 0 aliphatic carbocycles. The second-order valence-electron chi connectivity index (χ2n) is 6.18. The van der Waals surface area contributed by atoms with Crippen LogP contribution in [0.5, 0.6) is 0 Å². The van der Waals surface area contributed by atoms with Gasteiger partial charge in [-0.2, -0.15) is 18.3 Å². The van der Waals surface area contributed by atoms with Crippen LogP contribution in [0.25, 0.3) is 17.2 Å². The molecule has 0 amide bonds. The van der Waals surface area contributed by atoms with Crippen molar-refractivity contribution in [2.45, 2.75) is 24.9 Å². The van der Waals surface area contributed by atoms with Crippen LogP contribution in [0.2, 0.25) is 0 Å². The number of imidazole rings is 1. The topological polar surface area (TPSA) is 69.8 Å². The first-order valence-electron chi connectivity index (χ1n) is 8.14. The van der Waals surface area contributed by atoms with Gasteiger partial charge in [-0.1, -0.05) is 6.92 Å². The fourth-order valence-electron chi connectivity index (χ4n) is 2.77. The molecule has 3 rings (SSSR count). The van der Waals surface area contributed by atoms with Crippen molar-refractivity contribution in [1.82, 2.24) is 19.3 Å². The van der Waals surface area contributed by atoms with Gasteiger partial charge in [-0.3, -0.25) is 0 Å². The largest absolute Gasteiger partial charge is 0.416 e. The summed E-state index contributed by atoms with van der Waals surface area (Å²) in [6, 6.07) is 2.65. The van der Waals surface area contributed by atoms with Crippen molar-refractivity contribution in [1.29, 1.82) is 0 Å². The van der Waals surface area contributed by atoms with E-state index in [1.165, 1.54) is 6.92 Å². The SMILES string of the molecule is CCS(=O)(=O)c1cc(C(F)(F)F)ccc1-c1nc(Br)c(-n2cc(C)cn2)n1C. The van der Waals surface area contributed by atoms with Gasteiger partial charge in [-0.25, -0.2) is 18.1 Å². The third-order valence-electron chi connectivity index (χ3n) is 4.22. The van der Waals surface area contributed by atoms with E-state index in [4.69, 9.17) is 0 Å². The highest BCUT2D eigenvalue weighted by molar-refractivity contribution is 9.10. The lowest BCUT2D eigenvalue weighted by molar-refractivity contribution is -0.137. The summed E-state index contributed by atoms with van der Waals surface area (Å²) in [6.45, 7) is 3.24. The minimum atomic E-state index is -4.66. The van der Waals surface area contributed by atoms with Crippen LogP contribution in [-0.2, 0) is 23.1 Å². The lowest BCUT2D eigenvalue weighted by Crippen LogP contribution is -2.12. The van der Waals surface area contributed by atoms with Gasteiger partial charge in [-0.05, 0) is 46.6 Å². The number of hydrogen-bond acceptors (Lipinski definition) is 4. The van der Waals surface area contributed by atoms with Gasteiger partial charge >= 0.3 is 6.18 Å². The van der Waals surface area contributed by atoms with Gasteiger partial charge < -0.3 is 4.57 Å². The molecule has 0 aliphatic rings. The highest BCUT2D eigenvalue weighted by Gasteiger charge is 2.33. The van der Waals surface area contributed by atoms with Crippen LogP contribution in [0.15, 0.2) is 40.1 Å². The molecule has 0 N–H and O–H groups in total. The number of hydrogen-bond donors (Lipinski definition) is 0. The van der Waals surface area contributed by atoms with Crippen LogP contribution >= 0.6 is 15.9 Å². The Kier molecular flexibility index (Phi) is 5.17. The third-order valence-corrected chi connectivity index (χ3v) is 6.52. The number of rotatable bonds is 4. The molecule has 0 saturated heterocycles. The smallest absolute Gasteiger partial charge is 0.311 e. The second-order valence-corrected chi connectivity index (χ2v) is 9.18. The van der Waals surface area contributed by atoms with Crippen molar-refractivity contribution in [3.05, 3.63) is 46.3 Å². The zero-order valence-electron chi connectivity index (χ0n) is 15.1. The molecule has 0 unspecified atom stereocenters. The molecular weight excluding hydrogens is 461 g/mol. The van der Waals surface area contributed by atoms with Gasteiger partial charge in [-0.15, -0.1) is 0 Å². The Morgan fingerprint density at radius 2 is 1.93 bits per heavy atom. The summed E-state index contributed by atoms with van der Waals surface area (Å²) >= 11 is 3.33. The van der Waals surface area contributed by atoms with Gasteiger partial charge in [0.2, 0.25) is 0 Å². The Morgan fingerprint density at radius 3 is 2.46 bits per heavy atom. The van der Waals surface area contributed by atoms with Crippen LogP contribution in [0.3, 0.4) is 0 Å². The summed E-state index contributed by atoms with van der Waals surface area (Å²) in [6.07, 6.45) is -1.26. The summed E-state index contributed by atoms with van der Waals surface area (Å²) in [5.41, 5.74) is -0.0360. The molecule has 0 spiro atoms. The third kappa shape index (κ3) is 3.60. The lowest BCUT2D eigenvalue weighted by atomic mass is 10.1. The first-order chi connectivity index (χ1) is 13.0. The van der Waals surface area contributed by atoms with Crippen LogP contribution < -0.4 is 0 Å². The van der Waals surface area contributed by atoms with Crippen molar-refractivity contribution in [2.75, 3.05) is 5.75 Å². The summed E-state index contributed by atoms with van der Waals surface area (Å²) in [5.74, 6) is 0.386. The van der Waals surface area contributed by atoms with Gasteiger partial charge in [0.25, 0.3) is 0 Å². The zero-order chi connectivity index (χ0) is 20.9. The Balaban J connectivity index is 2.27. The van der Waals surface area contributed by atoms with Crippen molar-refractivity contribution >= 4 is 25.8 Å². The maximum Gasteiger partial charge on any atom is 0.416 e. The molecule has 150 valence electrons. The first kappa shape index (κ1) is 20.6. The molecule has 2 aromatic heterocycles. The average Bonchev–Trinajstić information content (AvgIpc) is 3.16. The number of halogens is 4. The fourth-order valence-corrected chi connectivity index (χ4v) is 4.50. The highest BCUT2D eigenvalue weighted by Crippen LogP contribution is 2.37. The number of sulfone groups is 1. The molecule has 28 heavy (non-hydrogen) atoms. The number of benzene rings is 1. The molecule has 11 heteroatoms. The van der Waals surface area contributed by atoms with E-state index in [0.29, 0.717) is 16.5 Å². The Hall–Kier alpha value is -2.14. The Morgan fingerprint density at radius 1 is 1.25 bits per heavy atom. The number of aryl methyl sites for hydroxylation is 1. The van der Waals surface area contributed by atoms with Crippen molar-refractivity contribution < 1.29 is 21.6 Å². The monoisotopic (exact) mass is 476 g/mol. The van der Waals surface area contributed by atoms with Crippen molar-refractivity contribution in [3.8, 4) is 17.2 Å². The highest BCUT2D eigenvalue weighted by atomic mass is 79.9. The maximum atomic E-state index is 13.1. The fraction of sp³-hybridized carbons (Fsp3) is 0.294. The first-order valence-corrected chi connectivity index (χ1v) is 10.6. The minimum absolute atomic E-state index is 0.0909. The molecular formula is C17H16BrF3N4O2S. The van der Waals surface area contributed by atoms with Crippen LogP contribution in [-0.4, -0.2) is 33.5 Å². The van der Waals surface area contributed by atoms with Crippen LogP contribution in [0.1, 0.15) is 18.1 Å². The number of alkyl halides is 3. The van der Waals surface area contributed by atoms with E-state index in [1.54, 1.807) is 28.7 Å². The predicted octanol–water partition coefficient (Wildman–Crippen LogP) is 4.16. The van der Waals surface area contributed by atoms with Crippen molar-refractivity contribution in [2.24, 2.45) is 7.05 Å². The summed E-state index contributed by atoms with van der Waals surface area (Å²) in [5, 5.41) is 4.21. The molecule has 0 aliphatic heterocycles. The van der Waals surface area contributed by atoms with E-state index in [0.717, 1.165) is 17.7 Å². The summed E-state index contributed by atoms with van der Waals surface area (Å²) in [7, 11) is -2.29.